The molecule has 1 aromatic carbocycles. The quantitative estimate of drug-likeness (QED) is 0.531. The summed E-state index contributed by atoms with van der Waals surface area (Å²) in [7, 11) is 0. The molecule has 2 aromatic rings. The van der Waals surface area contributed by atoms with Gasteiger partial charge >= 0.3 is 6.09 Å². The first-order chi connectivity index (χ1) is 14.2. The van der Waals surface area contributed by atoms with Crippen molar-refractivity contribution in [2.75, 3.05) is 4.90 Å². The average Bonchev–Trinajstić information content (AvgIpc) is 2.72. The van der Waals surface area contributed by atoms with Crippen LogP contribution < -0.4 is 4.90 Å². The molecule has 0 aliphatic heterocycles. The smallest absolute Gasteiger partial charge is 0.415 e. The van der Waals surface area contributed by atoms with Crippen LogP contribution in [0.4, 0.5) is 10.5 Å². The van der Waals surface area contributed by atoms with Gasteiger partial charge < -0.3 is 4.74 Å². The Kier molecular flexibility index (Phi) is 6.96. The summed E-state index contributed by atoms with van der Waals surface area (Å²) in [6.45, 7) is 12.0. The van der Waals surface area contributed by atoms with Gasteiger partial charge in [-0.15, -0.1) is 0 Å². The Labute approximate surface area is 181 Å². The number of aromatic nitrogens is 1. The zero-order chi connectivity index (χ0) is 21.7. The normalized spacial score (nSPS) is 14.9. The van der Waals surface area contributed by atoms with Crippen LogP contribution in [-0.2, 0) is 11.3 Å². The molecule has 0 saturated heterocycles. The maximum Gasteiger partial charge on any atom is 0.415 e. The minimum absolute atomic E-state index is 0.367. The number of anilines is 1. The van der Waals surface area contributed by atoms with Gasteiger partial charge in [-0.05, 0) is 75.8 Å². The second kappa shape index (κ2) is 9.46. The van der Waals surface area contributed by atoms with Crippen LogP contribution in [0.5, 0.6) is 0 Å². The van der Waals surface area contributed by atoms with Crippen LogP contribution in [0.15, 0.2) is 49.2 Å². The summed E-state index contributed by atoms with van der Waals surface area (Å²) in [6, 6.07) is 12.1. The van der Waals surface area contributed by atoms with Crippen LogP contribution in [0, 0.1) is 0 Å². The fourth-order valence-electron chi connectivity index (χ4n) is 3.87. The Bertz CT molecular complexity index is 857. The Hall–Kier alpha value is -2.62. The van der Waals surface area contributed by atoms with Crippen molar-refractivity contribution < 1.29 is 9.53 Å². The van der Waals surface area contributed by atoms with E-state index in [-0.39, 0.29) is 6.09 Å². The summed E-state index contributed by atoms with van der Waals surface area (Å²) >= 11 is 0. The molecule has 1 fully saturated rings. The molecule has 1 aliphatic carbocycles. The van der Waals surface area contributed by atoms with Gasteiger partial charge in [-0.2, -0.15) is 0 Å². The Balaban J connectivity index is 1.81. The van der Waals surface area contributed by atoms with Crippen molar-refractivity contribution in [3.05, 3.63) is 66.0 Å². The molecular weight excluding hydrogens is 372 g/mol. The van der Waals surface area contributed by atoms with E-state index in [1.807, 2.05) is 64.2 Å². The summed E-state index contributed by atoms with van der Waals surface area (Å²) in [5.41, 5.74) is 4.43. The monoisotopic (exact) mass is 406 g/mol. The lowest BCUT2D eigenvalue weighted by Crippen LogP contribution is -2.36. The van der Waals surface area contributed by atoms with Gasteiger partial charge in [0, 0.05) is 11.9 Å². The summed E-state index contributed by atoms with van der Waals surface area (Å²) < 4.78 is 5.66. The van der Waals surface area contributed by atoms with Gasteiger partial charge in [-0.1, -0.05) is 49.6 Å². The number of carbonyl (C=O) groups excluding carboxylic acids is 1. The highest BCUT2D eigenvalue weighted by atomic mass is 16.6. The van der Waals surface area contributed by atoms with Crippen molar-refractivity contribution >= 4 is 17.4 Å². The van der Waals surface area contributed by atoms with Gasteiger partial charge in [-0.25, -0.2) is 4.79 Å². The lowest BCUT2D eigenvalue weighted by atomic mass is 9.85. The number of rotatable bonds is 5. The summed E-state index contributed by atoms with van der Waals surface area (Å²) in [5, 5.41) is 0. The van der Waals surface area contributed by atoms with Crippen LogP contribution >= 0.6 is 0 Å². The molecule has 1 heterocycles. The number of carbonyl (C=O) groups is 1. The molecule has 1 saturated carbocycles. The van der Waals surface area contributed by atoms with E-state index in [1.165, 1.54) is 37.7 Å². The minimum atomic E-state index is -0.564. The first kappa shape index (κ1) is 22.1. The molecule has 0 radical (unpaired) electrons. The van der Waals surface area contributed by atoms with Crippen LogP contribution in [0.25, 0.3) is 5.57 Å². The number of nitrogens with zero attached hydrogens (tertiary/aromatic N) is 2. The molecular formula is C26H34N2O2. The second-order valence-electron chi connectivity index (χ2n) is 9.31. The molecule has 0 atom stereocenters. The number of benzene rings is 1. The average molecular weight is 407 g/mol. The fourth-order valence-corrected chi connectivity index (χ4v) is 3.87. The van der Waals surface area contributed by atoms with Crippen LogP contribution in [0.2, 0.25) is 0 Å². The standard InChI is InChI=1S/C26H34N2O2/c1-19(2)20-12-15-24(16-13-20)28(25(29)30-26(3,4)5)18-23-14-11-22(17-27-23)21-9-7-6-8-10-21/h11-17,21H,1,6-10,18H2,2-5H3. The number of pyridine rings is 1. The van der Waals surface area contributed by atoms with Crippen molar-refractivity contribution in [1.82, 2.24) is 4.98 Å². The van der Waals surface area contributed by atoms with E-state index >= 15 is 0 Å². The van der Waals surface area contributed by atoms with E-state index < -0.39 is 5.60 Å². The number of amides is 1. The Morgan fingerprint density at radius 3 is 2.30 bits per heavy atom. The predicted molar refractivity (Wildman–Crippen MR) is 124 cm³/mol. The molecule has 4 heteroatoms. The lowest BCUT2D eigenvalue weighted by molar-refractivity contribution is 0.0577. The molecule has 3 rings (SSSR count). The minimum Gasteiger partial charge on any atom is -0.443 e. The molecule has 4 nitrogen and oxygen atoms in total. The highest BCUT2D eigenvalue weighted by Crippen LogP contribution is 2.32. The van der Waals surface area contributed by atoms with E-state index in [0.717, 1.165) is 22.5 Å². The fraction of sp³-hybridized carbons (Fsp3) is 0.462. The maximum atomic E-state index is 13.0. The highest BCUT2D eigenvalue weighted by molar-refractivity contribution is 5.88. The zero-order valence-electron chi connectivity index (χ0n) is 18.8. The molecule has 0 unspecified atom stereocenters. The highest BCUT2D eigenvalue weighted by Gasteiger charge is 2.24. The van der Waals surface area contributed by atoms with Crippen molar-refractivity contribution in [1.29, 1.82) is 0 Å². The summed E-state index contributed by atoms with van der Waals surface area (Å²) in [4.78, 5) is 19.3. The topological polar surface area (TPSA) is 42.4 Å². The molecule has 0 N–H and O–H groups in total. The van der Waals surface area contributed by atoms with Gasteiger partial charge in [0.05, 0.1) is 12.2 Å². The molecule has 1 amide bonds. The summed E-state index contributed by atoms with van der Waals surface area (Å²) in [5.74, 6) is 0.622. The molecule has 1 aromatic heterocycles. The van der Waals surface area contributed by atoms with Crippen molar-refractivity contribution in [2.45, 2.75) is 77.9 Å². The largest absolute Gasteiger partial charge is 0.443 e. The van der Waals surface area contributed by atoms with Gasteiger partial charge in [0.1, 0.15) is 5.60 Å². The lowest BCUT2D eigenvalue weighted by Gasteiger charge is -2.27. The molecule has 0 spiro atoms. The van der Waals surface area contributed by atoms with E-state index in [0.29, 0.717) is 12.5 Å². The van der Waals surface area contributed by atoms with Crippen molar-refractivity contribution in [3.8, 4) is 0 Å². The SMILES string of the molecule is C=C(C)c1ccc(N(Cc2ccc(C3CCCCC3)cn2)C(=O)OC(C)(C)C)cc1. The van der Waals surface area contributed by atoms with E-state index in [2.05, 4.69) is 17.6 Å². The third-order valence-corrected chi connectivity index (χ3v) is 5.53. The number of ether oxygens (including phenoxy) is 1. The summed E-state index contributed by atoms with van der Waals surface area (Å²) in [6.07, 6.45) is 8.07. The predicted octanol–water partition coefficient (Wildman–Crippen LogP) is 7.10. The first-order valence-electron chi connectivity index (χ1n) is 10.9. The van der Waals surface area contributed by atoms with Crippen molar-refractivity contribution in [2.24, 2.45) is 0 Å². The third kappa shape index (κ3) is 5.94. The van der Waals surface area contributed by atoms with Crippen LogP contribution in [0.1, 0.15) is 82.5 Å². The maximum absolute atomic E-state index is 13.0. The van der Waals surface area contributed by atoms with E-state index in [4.69, 9.17) is 4.74 Å². The Morgan fingerprint density at radius 2 is 1.77 bits per heavy atom. The first-order valence-corrected chi connectivity index (χ1v) is 10.9. The van der Waals surface area contributed by atoms with Crippen molar-refractivity contribution in [3.63, 3.8) is 0 Å². The second-order valence-corrected chi connectivity index (χ2v) is 9.31. The third-order valence-electron chi connectivity index (χ3n) is 5.53. The van der Waals surface area contributed by atoms with Gasteiger partial charge in [0.2, 0.25) is 0 Å². The molecule has 1 aliphatic rings. The van der Waals surface area contributed by atoms with Gasteiger partial charge in [0.25, 0.3) is 0 Å². The van der Waals surface area contributed by atoms with E-state index in [1.54, 1.807) is 4.90 Å². The van der Waals surface area contributed by atoms with Gasteiger partial charge in [0.15, 0.2) is 0 Å². The number of hydrogen-bond donors (Lipinski definition) is 0. The molecule has 0 bridgehead atoms. The number of hydrogen-bond acceptors (Lipinski definition) is 3. The molecule has 30 heavy (non-hydrogen) atoms. The zero-order valence-corrected chi connectivity index (χ0v) is 18.8. The van der Waals surface area contributed by atoms with Crippen LogP contribution in [0.3, 0.4) is 0 Å². The van der Waals surface area contributed by atoms with E-state index in [9.17, 15) is 4.79 Å². The Morgan fingerprint density at radius 1 is 1.10 bits per heavy atom. The molecule has 160 valence electrons. The number of allylic oxidation sites excluding steroid dienone is 1. The van der Waals surface area contributed by atoms with Crippen LogP contribution in [-0.4, -0.2) is 16.7 Å². The van der Waals surface area contributed by atoms with Gasteiger partial charge in [-0.3, -0.25) is 9.88 Å².